The zero-order valence-electron chi connectivity index (χ0n) is 10.1. The van der Waals surface area contributed by atoms with E-state index in [2.05, 4.69) is 5.32 Å². The van der Waals surface area contributed by atoms with Crippen LogP contribution < -0.4 is 5.32 Å². The standard InChI is InChI=1S/C11H21NO4/c1-3-5-8-16-11(14)12-7-9-15-10(13)6-4-2/h3-9H2,1-2H3,(H,12,14). The van der Waals surface area contributed by atoms with Crippen LogP contribution in [0.25, 0.3) is 0 Å². The lowest BCUT2D eigenvalue weighted by atomic mass is 10.3. The van der Waals surface area contributed by atoms with Gasteiger partial charge in [-0.1, -0.05) is 20.3 Å². The summed E-state index contributed by atoms with van der Waals surface area (Å²) in [6, 6.07) is 0. The fraction of sp³-hybridized carbons (Fsp3) is 0.818. The largest absolute Gasteiger partial charge is 0.464 e. The number of rotatable bonds is 8. The third-order valence-electron chi connectivity index (χ3n) is 1.82. The number of nitrogens with one attached hydrogen (secondary N) is 1. The Morgan fingerprint density at radius 1 is 1.06 bits per heavy atom. The van der Waals surface area contributed by atoms with Crippen LogP contribution in [0.4, 0.5) is 4.79 Å². The third kappa shape index (κ3) is 9.30. The molecule has 0 spiro atoms. The number of unbranched alkanes of at least 4 members (excludes halogenated alkanes) is 1. The van der Waals surface area contributed by atoms with Gasteiger partial charge in [0.25, 0.3) is 0 Å². The third-order valence-corrected chi connectivity index (χ3v) is 1.82. The second-order valence-corrected chi connectivity index (χ2v) is 3.39. The highest BCUT2D eigenvalue weighted by molar-refractivity contribution is 5.69. The van der Waals surface area contributed by atoms with Crippen molar-refractivity contribution < 1.29 is 19.1 Å². The Balaban J connectivity index is 3.30. The van der Waals surface area contributed by atoms with Gasteiger partial charge in [0.05, 0.1) is 13.2 Å². The van der Waals surface area contributed by atoms with Gasteiger partial charge in [-0.2, -0.15) is 0 Å². The quantitative estimate of drug-likeness (QED) is 0.511. The molecule has 5 nitrogen and oxygen atoms in total. The molecule has 0 aromatic heterocycles. The monoisotopic (exact) mass is 231 g/mol. The van der Waals surface area contributed by atoms with Crippen molar-refractivity contribution in [1.82, 2.24) is 5.32 Å². The maximum Gasteiger partial charge on any atom is 0.407 e. The molecule has 0 aromatic carbocycles. The van der Waals surface area contributed by atoms with Crippen LogP contribution in [0.2, 0.25) is 0 Å². The van der Waals surface area contributed by atoms with Gasteiger partial charge in [-0.15, -0.1) is 0 Å². The lowest BCUT2D eigenvalue weighted by Gasteiger charge is -2.07. The van der Waals surface area contributed by atoms with Crippen LogP contribution in [-0.4, -0.2) is 31.8 Å². The molecule has 0 saturated heterocycles. The van der Waals surface area contributed by atoms with E-state index in [1.165, 1.54) is 0 Å². The second kappa shape index (κ2) is 10.3. The maximum atomic E-state index is 11.0. The maximum absolute atomic E-state index is 11.0. The average Bonchev–Trinajstić information content (AvgIpc) is 2.25. The van der Waals surface area contributed by atoms with Crippen LogP contribution >= 0.6 is 0 Å². The van der Waals surface area contributed by atoms with Crippen LogP contribution in [0.15, 0.2) is 0 Å². The Hall–Kier alpha value is -1.26. The molecule has 0 fully saturated rings. The highest BCUT2D eigenvalue weighted by Crippen LogP contribution is 1.91. The van der Waals surface area contributed by atoms with Gasteiger partial charge in [0.15, 0.2) is 0 Å². The van der Waals surface area contributed by atoms with Crippen molar-refractivity contribution in [3.63, 3.8) is 0 Å². The molecule has 0 rings (SSSR count). The van der Waals surface area contributed by atoms with Crippen molar-refractivity contribution in [3.8, 4) is 0 Å². The highest BCUT2D eigenvalue weighted by atomic mass is 16.6. The van der Waals surface area contributed by atoms with Gasteiger partial charge < -0.3 is 14.8 Å². The van der Waals surface area contributed by atoms with Crippen molar-refractivity contribution in [2.75, 3.05) is 19.8 Å². The molecule has 1 N–H and O–H groups in total. The van der Waals surface area contributed by atoms with E-state index in [0.717, 1.165) is 19.3 Å². The van der Waals surface area contributed by atoms with E-state index >= 15 is 0 Å². The lowest BCUT2D eigenvalue weighted by Crippen LogP contribution is -2.28. The molecule has 1 amide bonds. The molecule has 0 heterocycles. The number of alkyl carbamates (subject to hydrolysis) is 1. The summed E-state index contributed by atoms with van der Waals surface area (Å²) in [6.45, 7) is 4.85. The first-order valence-electron chi connectivity index (χ1n) is 5.77. The predicted octanol–water partition coefficient (Wildman–Crippen LogP) is 1.86. The van der Waals surface area contributed by atoms with Crippen molar-refractivity contribution in [1.29, 1.82) is 0 Å². The molecule has 0 aliphatic carbocycles. The van der Waals surface area contributed by atoms with E-state index < -0.39 is 6.09 Å². The lowest BCUT2D eigenvalue weighted by molar-refractivity contribution is -0.143. The molecule has 0 aromatic rings. The molecule has 0 bridgehead atoms. The minimum atomic E-state index is -0.458. The van der Waals surface area contributed by atoms with Gasteiger partial charge in [-0.05, 0) is 12.8 Å². The first-order chi connectivity index (χ1) is 7.70. The smallest absolute Gasteiger partial charge is 0.407 e. The van der Waals surface area contributed by atoms with Gasteiger partial charge in [-0.25, -0.2) is 4.79 Å². The fourth-order valence-electron chi connectivity index (χ4n) is 0.954. The van der Waals surface area contributed by atoms with E-state index in [1.807, 2.05) is 13.8 Å². The zero-order chi connectivity index (χ0) is 12.2. The Morgan fingerprint density at radius 3 is 2.44 bits per heavy atom. The number of amides is 1. The summed E-state index contributed by atoms with van der Waals surface area (Å²) in [4.78, 5) is 21.9. The normalized spacial score (nSPS) is 9.62. The SMILES string of the molecule is CCCCOC(=O)NCCOC(=O)CCC. The first-order valence-corrected chi connectivity index (χ1v) is 5.77. The Labute approximate surface area is 96.5 Å². The van der Waals surface area contributed by atoms with Gasteiger partial charge in [-0.3, -0.25) is 4.79 Å². The van der Waals surface area contributed by atoms with Crippen LogP contribution in [-0.2, 0) is 14.3 Å². The molecular weight excluding hydrogens is 210 g/mol. The molecule has 0 unspecified atom stereocenters. The molecular formula is C11H21NO4. The molecule has 0 radical (unpaired) electrons. The summed E-state index contributed by atoms with van der Waals surface area (Å²) in [5.41, 5.74) is 0. The minimum Gasteiger partial charge on any atom is -0.464 e. The molecule has 0 aliphatic rings. The second-order valence-electron chi connectivity index (χ2n) is 3.39. The van der Waals surface area contributed by atoms with Gasteiger partial charge in [0.2, 0.25) is 0 Å². The van der Waals surface area contributed by atoms with Crippen molar-refractivity contribution in [3.05, 3.63) is 0 Å². The van der Waals surface area contributed by atoms with Gasteiger partial charge in [0.1, 0.15) is 6.61 Å². The van der Waals surface area contributed by atoms with Crippen LogP contribution in [0, 0.1) is 0 Å². The summed E-state index contributed by atoms with van der Waals surface area (Å²) in [7, 11) is 0. The molecule has 94 valence electrons. The molecule has 0 aliphatic heterocycles. The zero-order valence-corrected chi connectivity index (χ0v) is 10.1. The topological polar surface area (TPSA) is 64.6 Å². The number of carbonyl (C=O) groups is 2. The fourth-order valence-corrected chi connectivity index (χ4v) is 0.954. The Kier molecular flexibility index (Phi) is 9.46. The van der Waals surface area contributed by atoms with Crippen molar-refractivity contribution >= 4 is 12.1 Å². The van der Waals surface area contributed by atoms with E-state index in [1.54, 1.807) is 0 Å². The molecule has 16 heavy (non-hydrogen) atoms. The van der Waals surface area contributed by atoms with Crippen molar-refractivity contribution in [2.24, 2.45) is 0 Å². The van der Waals surface area contributed by atoms with Gasteiger partial charge in [0, 0.05) is 6.42 Å². The van der Waals surface area contributed by atoms with Crippen LogP contribution in [0.1, 0.15) is 39.5 Å². The number of ether oxygens (including phenoxy) is 2. The molecule has 0 atom stereocenters. The van der Waals surface area contributed by atoms with Crippen LogP contribution in [0.3, 0.4) is 0 Å². The average molecular weight is 231 g/mol. The van der Waals surface area contributed by atoms with E-state index in [-0.39, 0.29) is 12.6 Å². The first kappa shape index (κ1) is 14.7. The Bertz CT molecular complexity index is 206. The summed E-state index contributed by atoms with van der Waals surface area (Å²) in [5.74, 6) is -0.233. The van der Waals surface area contributed by atoms with Gasteiger partial charge >= 0.3 is 12.1 Å². The van der Waals surface area contributed by atoms with E-state index in [0.29, 0.717) is 19.6 Å². The highest BCUT2D eigenvalue weighted by Gasteiger charge is 2.02. The van der Waals surface area contributed by atoms with E-state index in [9.17, 15) is 9.59 Å². The van der Waals surface area contributed by atoms with E-state index in [4.69, 9.17) is 9.47 Å². The number of carbonyl (C=O) groups excluding carboxylic acids is 2. The Morgan fingerprint density at radius 2 is 1.81 bits per heavy atom. The minimum absolute atomic E-state index is 0.196. The number of esters is 1. The van der Waals surface area contributed by atoms with Crippen molar-refractivity contribution in [2.45, 2.75) is 39.5 Å². The summed E-state index contributed by atoms with van der Waals surface area (Å²) < 4.78 is 9.70. The number of hydrogen-bond donors (Lipinski definition) is 1. The summed E-state index contributed by atoms with van der Waals surface area (Å²) >= 11 is 0. The molecule has 5 heteroatoms. The predicted molar refractivity (Wildman–Crippen MR) is 60.1 cm³/mol. The molecule has 0 saturated carbocycles. The number of hydrogen-bond acceptors (Lipinski definition) is 4. The summed E-state index contributed by atoms with van der Waals surface area (Å²) in [5, 5.41) is 2.50. The van der Waals surface area contributed by atoms with Crippen LogP contribution in [0.5, 0.6) is 0 Å². The summed E-state index contributed by atoms with van der Waals surface area (Å²) in [6.07, 6.45) is 2.58.